The molecule has 1 saturated heterocycles. The van der Waals surface area contributed by atoms with Crippen molar-refractivity contribution in [3.8, 4) is 0 Å². The molecule has 4 nitrogen and oxygen atoms in total. The molecule has 7 heteroatoms. The molecule has 0 aromatic heterocycles. The van der Waals surface area contributed by atoms with E-state index in [1.54, 1.807) is 0 Å². The van der Waals surface area contributed by atoms with Gasteiger partial charge in [0.25, 0.3) is 5.92 Å². The topological polar surface area (TPSA) is 61.4 Å². The lowest BCUT2D eigenvalue weighted by atomic mass is 10.2. The number of thioether (sulfide) groups is 1. The number of hydrogen-bond donors (Lipinski definition) is 3. The van der Waals surface area contributed by atoms with Gasteiger partial charge in [-0.15, -0.1) is 11.8 Å². The van der Waals surface area contributed by atoms with Crippen molar-refractivity contribution in [1.29, 1.82) is 0 Å². The smallest absolute Gasteiger partial charge is 0.287 e. The van der Waals surface area contributed by atoms with Gasteiger partial charge in [-0.2, -0.15) is 0 Å². The Balaban J connectivity index is 2.12. The molecule has 1 heterocycles. The van der Waals surface area contributed by atoms with Crippen LogP contribution < -0.4 is 10.6 Å². The van der Waals surface area contributed by atoms with Crippen LogP contribution in [0, 0.1) is 0 Å². The van der Waals surface area contributed by atoms with Gasteiger partial charge in [-0.1, -0.05) is 0 Å². The maximum absolute atomic E-state index is 12.6. The van der Waals surface area contributed by atoms with Gasteiger partial charge in [0.2, 0.25) is 5.91 Å². The maximum Gasteiger partial charge on any atom is 0.287 e. The number of alkyl halides is 2. The molecule has 1 rings (SSSR count). The highest BCUT2D eigenvalue weighted by molar-refractivity contribution is 8.00. The Morgan fingerprint density at radius 3 is 2.71 bits per heavy atom. The van der Waals surface area contributed by atoms with Gasteiger partial charge in [0.05, 0.1) is 12.3 Å². The summed E-state index contributed by atoms with van der Waals surface area (Å²) < 4.78 is 25.3. The molecule has 0 unspecified atom stereocenters. The number of piperidine rings is 1. The number of amides is 1. The van der Waals surface area contributed by atoms with Crippen LogP contribution in [0.3, 0.4) is 0 Å². The van der Waals surface area contributed by atoms with Crippen LogP contribution in [0.1, 0.15) is 12.8 Å². The Bertz CT molecular complexity index is 248. The lowest BCUT2D eigenvalue weighted by molar-refractivity contribution is -0.121. The van der Waals surface area contributed by atoms with Gasteiger partial charge in [0.15, 0.2) is 0 Å². The van der Waals surface area contributed by atoms with Crippen molar-refractivity contribution in [2.75, 3.05) is 32.0 Å². The lowest BCUT2D eigenvalue weighted by Crippen LogP contribution is -2.40. The van der Waals surface area contributed by atoms with Crippen LogP contribution in [0.4, 0.5) is 8.78 Å². The normalized spacial score (nSPS) is 18.1. The summed E-state index contributed by atoms with van der Waals surface area (Å²) in [6.07, 6.45) is 2.01. The zero-order chi connectivity index (χ0) is 12.7. The molecular weight excluding hydrogens is 250 g/mol. The minimum atomic E-state index is -3.23. The summed E-state index contributed by atoms with van der Waals surface area (Å²) in [6, 6.07) is 0. The molecule has 100 valence electrons. The van der Waals surface area contributed by atoms with E-state index in [1.165, 1.54) is 11.8 Å². The average Bonchev–Trinajstić information content (AvgIpc) is 2.35. The van der Waals surface area contributed by atoms with E-state index < -0.39 is 25.0 Å². The van der Waals surface area contributed by atoms with Crippen molar-refractivity contribution in [2.45, 2.75) is 24.0 Å². The molecule has 1 aliphatic heterocycles. The van der Waals surface area contributed by atoms with Gasteiger partial charge in [-0.05, 0) is 25.9 Å². The number of rotatable bonds is 6. The standard InChI is InChI=1S/C10H18F2N2O2S/c11-10(12,7-15)6-14-9(16)5-17-8-1-3-13-4-2-8/h8,13,15H,1-7H2,(H,14,16). The number of carbonyl (C=O) groups is 1. The number of halogens is 2. The molecule has 17 heavy (non-hydrogen) atoms. The summed E-state index contributed by atoms with van der Waals surface area (Å²) in [7, 11) is 0. The van der Waals surface area contributed by atoms with Crippen LogP contribution in [0.25, 0.3) is 0 Å². The van der Waals surface area contributed by atoms with E-state index in [9.17, 15) is 13.6 Å². The SMILES string of the molecule is O=C(CSC1CCNCC1)NCC(F)(F)CO. The fourth-order valence-corrected chi connectivity index (χ4v) is 2.55. The fourth-order valence-electron chi connectivity index (χ4n) is 1.49. The first-order valence-electron chi connectivity index (χ1n) is 5.61. The molecule has 0 aromatic carbocycles. The van der Waals surface area contributed by atoms with Crippen molar-refractivity contribution >= 4 is 17.7 Å². The summed E-state index contributed by atoms with van der Waals surface area (Å²) in [6.45, 7) is -0.145. The van der Waals surface area contributed by atoms with Gasteiger partial charge in [-0.25, -0.2) is 8.78 Å². The van der Waals surface area contributed by atoms with E-state index in [2.05, 4.69) is 10.6 Å². The summed E-state index contributed by atoms with van der Waals surface area (Å²) in [5, 5.41) is 14.1. The van der Waals surface area contributed by atoms with Crippen LogP contribution in [0.2, 0.25) is 0 Å². The first-order valence-corrected chi connectivity index (χ1v) is 6.66. The van der Waals surface area contributed by atoms with Crippen molar-refractivity contribution in [2.24, 2.45) is 0 Å². The van der Waals surface area contributed by atoms with E-state index in [0.717, 1.165) is 25.9 Å². The van der Waals surface area contributed by atoms with E-state index in [-0.39, 0.29) is 5.75 Å². The van der Waals surface area contributed by atoms with Gasteiger partial charge in [0, 0.05) is 5.25 Å². The van der Waals surface area contributed by atoms with Gasteiger partial charge < -0.3 is 15.7 Å². The van der Waals surface area contributed by atoms with E-state index in [1.807, 2.05) is 0 Å². The highest BCUT2D eigenvalue weighted by atomic mass is 32.2. The third-order valence-electron chi connectivity index (χ3n) is 2.51. The van der Waals surface area contributed by atoms with Crippen LogP contribution in [-0.2, 0) is 4.79 Å². The molecule has 0 saturated carbocycles. The number of hydrogen-bond acceptors (Lipinski definition) is 4. The number of carbonyl (C=O) groups excluding carboxylic acids is 1. The summed E-state index contributed by atoms with van der Waals surface area (Å²) in [5.74, 6) is -3.43. The van der Waals surface area contributed by atoms with Crippen LogP contribution >= 0.6 is 11.8 Å². The predicted molar refractivity (Wildman–Crippen MR) is 63.4 cm³/mol. The third-order valence-corrected chi connectivity index (χ3v) is 3.88. The Morgan fingerprint density at radius 2 is 2.12 bits per heavy atom. The van der Waals surface area contributed by atoms with Crippen LogP contribution in [0.15, 0.2) is 0 Å². The van der Waals surface area contributed by atoms with Crippen LogP contribution in [-0.4, -0.2) is 54.2 Å². The molecule has 3 N–H and O–H groups in total. The first kappa shape index (κ1) is 14.7. The van der Waals surface area contributed by atoms with Crippen molar-refractivity contribution in [3.05, 3.63) is 0 Å². The predicted octanol–water partition coefficient (Wildman–Crippen LogP) is 0.215. The Labute approximate surface area is 104 Å². The number of aliphatic hydroxyl groups excluding tert-OH is 1. The first-order chi connectivity index (χ1) is 8.03. The molecule has 1 fully saturated rings. The molecule has 0 radical (unpaired) electrons. The Kier molecular flexibility index (Phi) is 6.15. The second-order valence-corrected chi connectivity index (χ2v) is 5.34. The number of aliphatic hydroxyl groups is 1. The van der Waals surface area contributed by atoms with E-state index >= 15 is 0 Å². The van der Waals surface area contributed by atoms with Gasteiger partial charge >= 0.3 is 0 Å². The second-order valence-electron chi connectivity index (χ2n) is 4.05. The van der Waals surface area contributed by atoms with Gasteiger partial charge in [0.1, 0.15) is 6.61 Å². The minimum absolute atomic E-state index is 0.201. The molecule has 0 aliphatic carbocycles. The lowest BCUT2D eigenvalue weighted by Gasteiger charge is -2.22. The zero-order valence-corrected chi connectivity index (χ0v) is 10.4. The molecular formula is C10H18F2N2O2S. The summed E-state index contributed by atoms with van der Waals surface area (Å²) in [5.41, 5.74) is 0. The summed E-state index contributed by atoms with van der Waals surface area (Å²) in [4.78, 5) is 11.3. The average molecular weight is 268 g/mol. The van der Waals surface area contributed by atoms with Crippen LogP contribution in [0.5, 0.6) is 0 Å². The maximum atomic E-state index is 12.6. The van der Waals surface area contributed by atoms with Crippen molar-refractivity contribution < 1.29 is 18.7 Å². The largest absolute Gasteiger partial charge is 0.390 e. The number of nitrogens with one attached hydrogen (secondary N) is 2. The summed E-state index contributed by atoms with van der Waals surface area (Å²) >= 11 is 1.50. The molecule has 1 aliphatic rings. The highest BCUT2D eigenvalue weighted by Crippen LogP contribution is 2.19. The fraction of sp³-hybridized carbons (Fsp3) is 0.900. The van der Waals surface area contributed by atoms with Crippen molar-refractivity contribution in [3.63, 3.8) is 0 Å². The zero-order valence-electron chi connectivity index (χ0n) is 9.55. The molecule has 0 bridgehead atoms. The van der Waals surface area contributed by atoms with E-state index in [4.69, 9.17) is 5.11 Å². The van der Waals surface area contributed by atoms with Crippen molar-refractivity contribution in [1.82, 2.24) is 10.6 Å². The molecule has 1 amide bonds. The molecule has 0 aromatic rings. The quantitative estimate of drug-likeness (QED) is 0.645. The Hall–Kier alpha value is -0.400. The van der Waals surface area contributed by atoms with E-state index in [0.29, 0.717) is 5.25 Å². The third kappa shape index (κ3) is 6.18. The van der Waals surface area contributed by atoms with Gasteiger partial charge in [-0.3, -0.25) is 4.79 Å². The molecule has 0 atom stereocenters. The second kappa shape index (κ2) is 7.13. The monoisotopic (exact) mass is 268 g/mol. The minimum Gasteiger partial charge on any atom is -0.390 e. The highest BCUT2D eigenvalue weighted by Gasteiger charge is 2.28. The Morgan fingerprint density at radius 1 is 1.47 bits per heavy atom. The molecule has 0 spiro atoms.